The topological polar surface area (TPSA) is 37.4 Å². The molecule has 0 saturated carbocycles. The summed E-state index contributed by atoms with van der Waals surface area (Å²) in [4.78, 5) is 0.681. The lowest BCUT2D eigenvalue weighted by Gasteiger charge is -2.08. The van der Waals surface area contributed by atoms with E-state index < -0.39 is 10.0 Å². The largest absolute Gasteiger partial charge is 0.265 e. The van der Waals surface area contributed by atoms with Gasteiger partial charge in [0.2, 0.25) is 0 Å². The highest BCUT2D eigenvalue weighted by Crippen LogP contribution is 2.34. The molecular weight excluding hydrogens is 254 g/mol. The maximum Gasteiger partial charge on any atom is 0.265 e. The van der Waals surface area contributed by atoms with Crippen molar-refractivity contribution >= 4 is 38.0 Å². The predicted molar refractivity (Wildman–Crippen MR) is 70.6 cm³/mol. The Kier molecular flexibility index (Phi) is 2.06. The third-order valence-corrected chi connectivity index (χ3v) is 5.42. The fourth-order valence-electron chi connectivity index (χ4n) is 2.10. The van der Waals surface area contributed by atoms with Crippen LogP contribution < -0.4 is 0 Å². The molecule has 1 aliphatic rings. The molecule has 0 atom stereocenters. The minimum atomic E-state index is -3.43. The highest BCUT2D eigenvalue weighted by Gasteiger charge is 2.36. The predicted octanol–water partition coefficient (Wildman–Crippen LogP) is 2.15. The van der Waals surface area contributed by atoms with Gasteiger partial charge in [-0.3, -0.25) is 4.31 Å². The van der Waals surface area contributed by atoms with Crippen molar-refractivity contribution in [3.63, 3.8) is 0 Å². The van der Waals surface area contributed by atoms with Crippen LogP contribution in [0.25, 0.3) is 10.8 Å². The Labute approximate surface area is 105 Å². The summed E-state index contributed by atoms with van der Waals surface area (Å²) in [7, 11) is -1.94. The van der Waals surface area contributed by atoms with E-state index in [4.69, 9.17) is 12.2 Å². The summed E-state index contributed by atoms with van der Waals surface area (Å²) < 4.78 is 25.3. The molecule has 2 aromatic carbocycles. The van der Waals surface area contributed by atoms with Gasteiger partial charge < -0.3 is 0 Å². The summed E-state index contributed by atoms with van der Waals surface area (Å²) >= 11 is 5.22. The zero-order valence-corrected chi connectivity index (χ0v) is 10.7. The van der Waals surface area contributed by atoms with E-state index in [1.807, 2.05) is 30.3 Å². The molecule has 2 aromatic rings. The van der Waals surface area contributed by atoms with Crippen molar-refractivity contribution in [3.05, 3.63) is 42.0 Å². The van der Waals surface area contributed by atoms with Crippen LogP contribution in [0.15, 0.2) is 41.3 Å². The molecule has 0 fully saturated rings. The van der Waals surface area contributed by atoms with Gasteiger partial charge >= 0.3 is 0 Å². The number of hydrogen-bond acceptors (Lipinski definition) is 3. The maximum atomic E-state index is 12.1. The normalized spacial score (nSPS) is 17.5. The third kappa shape index (κ3) is 1.26. The minimum absolute atomic E-state index is 0.309. The highest BCUT2D eigenvalue weighted by atomic mass is 32.2. The van der Waals surface area contributed by atoms with Gasteiger partial charge in [-0.15, -0.1) is 0 Å². The van der Waals surface area contributed by atoms with Crippen molar-refractivity contribution < 1.29 is 8.42 Å². The van der Waals surface area contributed by atoms with Gasteiger partial charge in [0.05, 0.1) is 4.90 Å². The van der Waals surface area contributed by atoms with E-state index in [1.54, 1.807) is 6.07 Å². The van der Waals surface area contributed by atoms with Gasteiger partial charge in [-0.25, -0.2) is 8.42 Å². The average Bonchev–Trinajstić information content (AvgIpc) is 2.51. The number of hydrogen-bond donors (Lipinski definition) is 0. The molecule has 0 spiro atoms. The van der Waals surface area contributed by atoms with Gasteiger partial charge in [0.15, 0.2) is 0 Å². The van der Waals surface area contributed by atoms with Crippen LogP contribution in [-0.2, 0) is 10.0 Å². The first-order chi connectivity index (χ1) is 8.03. The zero-order chi connectivity index (χ0) is 12.2. The van der Waals surface area contributed by atoms with E-state index in [1.165, 1.54) is 11.4 Å². The number of thiocarbonyl (C=S) groups is 1. The summed E-state index contributed by atoms with van der Waals surface area (Å²) in [6.07, 6.45) is 0. The molecule has 0 aliphatic carbocycles. The van der Waals surface area contributed by atoms with E-state index in [9.17, 15) is 8.42 Å². The summed E-state index contributed by atoms with van der Waals surface area (Å²) in [5.74, 6) is 0. The van der Waals surface area contributed by atoms with Crippen LogP contribution in [0.4, 0.5) is 0 Å². The maximum absolute atomic E-state index is 12.1. The monoisotopic (exact) mass is 263 g/mol. The van der Waals surface area contributed by atoms with Crippen molar-refractivity contribution in [2.75, 3.05) is 7.05 Å². The first-order valence-electron chi connectivity index (χ1n) is 5.08. The van der Waals surface area contributed by atoms with Crippen LogP contribution in [0.1, 0.15) is 5.56 Å². The van der Waals surface area contributed by atoms with E-state index in [2.05, 4.69) is 0 Å². The lowest BCUT2D eigenvalue weighted by atomic mass is 10.0. The van der Waals surface area contributed by atoms with Crippen LogP contribution in [-0.4, -0.2) is 24.8 Å². The number of nitrogens with zero attached hydrogens (tertiary/aromatic N) is 1. The van der Waals surface area contributed by atoms with E-state index in [0.717, 1.165) is 10.8 Å². The summed E-state index contributed by atoms with van der Waals surface area (Å²) in [6, 6.07) is 11.1. The lowest BCUT2D eigenvalue weighted by Crippen LogP contribution is -2.24. The Balaban J connectivity index is 2.53. The number of fused-ring (bicyclic) bond motifs is 3. The van der Waals surface area contributed by atoms with Gasteiger partial charge in [-0.05, 0) is 16.8 Å². The Morgan fingerprint density at radius 1 is 1.12 bits per heavy atom. The molecule has 86 valence electrons. The van der Waals surface area contributed by atoms with Crippen LogP contribution >= 0.6 is 12.2 Å². The molecule has 0 saturated heterocycles. The summed E-state index contributed by atoms with van der Waals surface area (Å²) in [6.45, 7) is 0. The molecule has 0 amide bonds. The number of rotatable bonds is 0. The average molecular weight is 263 g/mol. The molecule has 1 heterocycles. The number of sulfonamides is 1. The smallest absolute Gasteiger partial charge is 0.259 e. The fraction of sp³-hybridized carbons (Fsp3) is 0.0833. The van der Waals surface area contributed by atoms with Crippen molar-refractivity contribution in [1.82, 2.24) is 4.31 Å². The third-order valence-electron chi connectivity index (χ3n) is 3.03. The Morgan fingerprint density at radius 2 is 1.82 bits per heavy atom. The summed E-state index contributed by atoms with van der Waals surface area (Å²) in [5, 5.41) is 1.89. The zero-order valence-electron chi connectivity index (χ0n) is 9.04. The van der Waals surface area contributed by atoms with Gasteiger partial charge in [-0.2, -0.15) is 0 Å². The van der Waals surface area contributed by atoms with E-state index in [-0.39, 0.29) is 0 Å². The molecule has 5 heteroatoms. The van der Waals surface area contributed by atoms with Crippen molar-refractivity contribution in [2.45, 2.75) is 4.90 Å². The first-order valence-corrected chi connectivity index (χ1v) is 6.93. The molecule has 17 heavy (non-hydrogen) atoms. The second-order valence-electron chi connectivity index (χ2n) is 3.94. The van der Waals surface area contributed by atoms with Gasteiger partial charge in [0.1, 0.15) is 4.99 Å². The summed E-state index contributed by atoms with van der Waals surface area (Å²) in [5.41, 5.74) is 0.653. The van der Waals surface area contributed by atoms with Crippen molar-refractivity contribution in [2.24, 2.45) is 0 Å². The number of benzene rings is 2. The molecular formula is C12H9NO2S2. The van der Waals surface area contributed by atoms with Gasteiger partial charge in [0, 0.05) is 12.6 Å². The van der Waals surface area contributed by atoms with E-state index in [0.29, 0.717) is 15.4 Å². The van der Waals surface area contributed by atoms with Crippen LogP contribution in [0, 0.1) is 0 Å². The van der Waals surface area contributed by atoms with Crippen LogP contribution in [0.2, 0.25) is 0 Å². The van der Waals surface area contributed by atoms with Crippen LogP contribution in [0.5, 0.6) is 0 Å². The Bertz CT molecular complexity index is 750. The Morgan fingerprint density at radius 3 is 2.59 bits per heavy atom. The molecule has 3 nitrogen and oxygen atoms in total. The quantitative estimate of drug-likeness (QED) is 0.683. The molecule has 1 aliphatic heterocycles. The van der Waals surface area contributed by atoms with E-state index >= 15 is 0 Å². The molecule has 0 unspecified atom stereocenters. The highest BCUT2D eigenvalue weighted by molar-refractivity contribution is 7.92. The standard InChI is InChI=1S/C12H9NO2S2/c1-13-12(16)11-9-5-3-2-4-8(9)6-7-10(11)17(13,14)15/h2-7H,1H3. The molecule has 0 N–H and O–H groups in total. The molecule has 0 radical (unpaired) electrons. The first kappa shape index (κ1) is 10.7. The minimum Gasteiger partial charge on any atom is -0.259 e. The lowest BCUT2D eigenvalue weighted by molar-refractivity contribution is 0.561. The fourth-order valence-corrected chi connectivity index (χ4v) is 3.99. The molecule has 0 bridgehead atoms. The molecule has 3 rings (SSSR count). The molecule has 0 aromatic heterocycles. The second kappa shape index (κ2) is 3.27. The van der Waals surface area contributed by atoms with Gasteiger partial charge in [-0.1, -0.05) is 42.5 Å². The van der Waals surface area contributed by atoms with Crippen molar-refractivity contribution in [1.29, 1.82) is 0 Å². The van der Waals surface area contributed by atoms with Crippen molar-refractivity contribution in [3.8, 4) is 0 Å². The Hall–Kier alpha value is -1.46. The second-order valence-corrected chi connectivity index (χ2v) is 6.26. The van der Waals surface area contributed by atoms with Crippen LogP contribution in [0.3, 0.4) is 0 Å². The van der Waals surface area contributed by atoms with Gasteiger partial charge in [0.25, 0.3) is 10.0 Å². The SMILES string of the molecule is CN1C(=S)c2c(ccc3ccccc23)S1(=O)=O.